The molecule has 0 radical (unpaired) electrons. The van der Waals surface area contributed by atoms with Crippen molar-refractivity contribution in [3.63, 3.8) is 0 Å². The van der Waals surface area contributed by atoms with Crippen molar-refractivity contribution in [3.05, 3.63) is 17.5 Å². The van der Waals surface area contributed by atoms with Gasteiger partial charge in [-0.05, 0) is 56.7 Å². The first-order valence-electron chi connectivity index (χ1n) is 6.63. The van der Waals surface area contributed by atoms with E-state index in [0.29, 0.717) is 0 Å². The molecular formula is C13H23Cl2N3. The molecule has 1 aromatic rings. The Morgan fingerprint density at radius 1 is 1.39 bits per heavy atom. The van der Waals surface area contributed by atoms with E-state index in [-0.39, 0.29) is 24.8 Å². The second kappa shape index (κ2) is 6.78. The van der Waals surface area contributed by atoms with E-state index >= 15 is 0 Å². The van der Waals surface area contributed by atoms with Crippen LogP contribution in [0.3, 0.4) is 0 Å². The van der Waals surface area contributed by atoms with Crippen molar-refractivity contribution in [2.24, 2.45) is 5.92 Å². The van der Waals surface area contributed by atoms with E-state index < -0.39 is 0 Å². The summed E-state index contributed by atoms with van der Waals surface area (Å²) < 4.78 is 0. The number of aromatic amines is 1. The second-order valence-electron chi connectivity index (χ2n) is 5.29. The molecule has 2 aliphatic rings. The minimum Gasteiger partial charge on any atom is -0.300 e. The number of rotatable bonds is 2. The van der Waals surface area contributed by atoms with Gasteiger partial charge >= 0.3 is 0 Å². The third kappa shape index (κ3) is 2.84. The van der Waals surface area contributed by atoms with Crippen molar-refractivity contribution in [2.75, 3.05) is 13.1 Å². The topological polar surface area (TPSA) is 31.9 Å². The maximum atomic E-state index is 4.19. The average Bonchev–Trinajstić information content (AvgIpc) is 2.74. The summed E-state index contributed by atoms with van der Waals surface area (Å²) >= 11 is 0. The minimum atomic E-state index is 0. The number of aromatic nitrogens is 2. The lowest BCUT2D eigenvalue weighted by atomic mass is 9.77. The van der Waals surface area contributed by atoms with Crippen LogP contribution in [0.25, 0.3) is 0 Å². The Labute approximate surface area is 122 Å². The number of nitrogens with one attached hydrogen (secondary N) is 1. The van der Waals surface area contributed by atoms with Gasteiger partial charge in [0.2, 0.25) is 0 Å². The van der Waals surface area contributed by atoms with E-state index in [1.165, 1.54) is 56.5 Å². The third-order valence-electron chi connectivity index (χ3n) is 4.25. The Morgan fingerprint density at radius 2 is 2.22 bits per heavy atom. The maximum Gasteiger partial charge on any atom is 0.0522 e. The van der Waals surface area contributed by atoms with Crippen molar-refractivity contribution in [2.45, 2.75) is 45.1 Å². The van der Waals surface area contributed by atoms with Gasteiger partial charge in [-0.3, -0.25) is 10.00 Å². The minimum absolute atomic E-state index is 0. The molecule has 3 nitrogen and oxygen atoms in total. The van der Waals surface area contributed by atoms with Crippen molar-refractivity contribution >= 4 is 24.8 Å². The zero-order valence-electron chi connectivity index (χ0n) is 10.9. The second-order valence-corrected chi connectivity index (χ2v) is 5.29. The van der Waals surface area contributed by atoms with E-state index in [1.807, 2.05) is 6.20 Å². The van der Waals surface area contributed by atoms with Gasteiger partial charge in [0.1, 0.15) is 0 Å². The van der Waals surface area contributed by atoms with Crippen LogP contribution < -0.4 is 0 Å². The Balaban J connectivity index is 0.000000810. The van der Waals surface area contributed by atoms with Crippen LogP contribution in [0.5, 0.6) is 0 Å². The number of nitrogens with zero attached hydrogens (tertiary/aromatic N) is 2. The summed E-state index contributed by atoms with van der Waals surface area (Å²) in [5, 5.41) is 7.36. The summed E-state index contributed by atoms with van der Waals surface area (Å²) in [7, 11) is 0. The number of hydrogen-bond acceptors (Lipinski definition) is 2. The fourth-order valence-electron chi connectivity index (χ4n) is 3.49. The summed E-state index contributed by atoms with van der Waals surface area (Å²) in [5.74, 6) is 0.869. The fourth-order valence-corrected chi connectivity index (χ4v) is 3.49. The molecule has 1 aliphatic carbocycles. The molecule has 1 aromatic heterocycles. The first kappa shape index (κ1) is 15.8. The molecule has 104 valence electrons. The lowest BCUT2D eigenvalue weighted by Crippen LogP contribution is -2.49. The van der Waals surface area contributed by atoms with Crippen molar-refractivity contribution < 1.29 is 0 Å². The molecule has 2 heterocycles. The standard InChI is InChI=1S/C13H21N3.2ClH/c1-2-5-16-6-3-4-10-7-12-11(8-13(10)16)9-14-15-12;;/h9-10,13H,2-8H2,1H3,(H,14,15);2*1H/t10-,13?;;/m1../s1. The van der Waals surface area contributed by atoms with Crippen LogP contribution in [-0.4, -0.2) is 34.2 Å². The molecule has 1 saturated heterocycles. The zero-order valence-corrected chi connectivity index (χ0v) is 12.5. The molecule has 2 atom stereocenters. The molecule has 1 unspecified atom stereocenters. The molecule has 0 saturated carbocycles. The lowest BCUT2D eigenvalue weighted by Gasteiger charge is -2.43. The van der Waals surface area contributed by atoms with Gasteiger partial charge < -0.3 is 0 Å². The number of fused-ring (bicyclic) bond motifs is 2. The molecule has 0 amide bonds. The van der Waals surface area contributed by atoms with Gasteiger partial charge in [-0.25, -0.2) is 0 Å². The van der Waals surface area contributed by atoms with E-state index in [1.54, 1.807) is 0 Å². The smallest absolute Gasteiger partial charge is 0.0522 e. The summed E-state index contributed by atoms with van der Waals surface area (Å²) in [5.41, 5.74) is 2.86. The van der Waals surface area contributed by atoms with Crippen molar-refractivity contribution in [3.8, 4) is 0 Å². The first-order chi connectivity index (χ1) is 7.88. The van der Waals surface area contributed by atoms with Gasteiger partial charge in [-0.1, -0.05) is 6.92 Å². The van der Waals surface area contributed by atoms with Gasteiger partial charge in [0.25, 0.3) is 0 Å². The molecule has 5 heteroatoms. The SMILES string of the molecule is CCCN1CCC[C@@H]2Cc3[nH]ncc3CC21.Cl.Cl. The average molecular weight is 292 g/mol. The van der Waals surface area contributed by atoms with E-state index in [0.717, 1.165) is 12.0 Å². The van der Waals surface area contributed by atoms with Crippen LogP contribution in [0.15, 0.2) is 6.20 Å². The lowest BCUT2D eigenvalue weighted by molar-refractivity contribution is 0.0850. The first-order valence-corrected chi connectivity index (χ1v) is 6.63. The molecule has 3 rings (SSSR count). The molecule has 1 N–H and O–H groups in total. The Kier molecular flexibility index (Phi) is 5.96. The predicted octanol–water partition coefficient (Wildman–Crippen LogP) is 2.84. The maximum absolute atomic E-state index is 4.19. The quantitative estimate of drug-likeness (QED) is 0.909. The Morgan fingerprint density at radius 3 is 3.00 bits per heavy atom. The zero-order chi connectivity index (χ0) is 11.0. The van der Waals surface area contributed by atoms with Crippen LogP contribution in [0.1, 0.15) is 37.4 Å². The van der Waals surface area contributed by atoms with Gasteiger partial charge in [0.05, 0.1) is 6.20 Å². The molecular weight excluding hydrogens is 269 g/mol. The van der Waals surface area contributed by atoms with E-state index in [9.17, 15) is 0 Å². The molecule has 1 aliphatic heterocycles. The van der Waals surface area contributed by atoms with Gasteiger partial charge in [0.15, 0.2) is 0 Å². The van der Waals surface area contributed by atoms with Gasteiger partial charge in [0, 0.05) is 11.7 Å². The van der Waals surface area contributed by atoms with Crippen molar-refractivity contribution in [1.29, 1.82) is 0 Å². The number of halogens is 2. The molecule has 18 heavy (non-hydrogen) atoms. The van der Waals surface area contributed by atoms with Gasteiger partial charge in [-0.2, -0.15) is 5.10 Å². The number of hydrogen-bond donors (Lipinski definition) is 1. The summed E-state index contributed by atoms with van der Waals surface area (Å²) in [6, 6.07) is 0.791. The Bertz CT molecular complexity index is 365. The molecule has 0 spiro atoms. The normalized spacial score (nSPS) is 26.5. The number of likely N-dealkylation sites (tertiary alicyclic amines) is 1. The van der Waals surface area contributed by atoms with Crippen LogP contribution in [0.2, 0.25) is 0 Å². The summed E-state index contributed by atoms with van der Waals surface area (Å²) in [6.07, 6.45) is 8.54. The highest BCUT2D eigenvalue weighted by molar-refractivity contribution is 5.85. The van der Waals surface area contributed by atoms with E-state index in [2.05, 4.69) is 22.0 Å². The molecule has 0 aromatic carbocycles. The van der Waals surface area contributed by atoms with Gasteiger partial charge in [-0.15, -0.1) is 24.8 Å². The highest BCUT2D eigenvalue weighted by atomic mass is 35.5. The predicted molar refractivity (Wildman–Crippen MR) is 78.9 cm³/mol. The van der Waals surface area contributed by atoms with Crippen LogP contribution >= 0.6 is 24.8 Å². The molecule has 1 fully saturated rings. The summed E-state index contributed by atoms with van der Waals surface area (Å²) in [4.78, 5) is 2.71. The van der Waals surface area contributed by atoms with Crippen LogP contribution in [0, 0.1) is 5.92 Å². The highest BCUT2D eigenvalue weighted by Crippen LogP contribution is 2.34. The molecule has 0 bridgehead atoms. The largest absolute Gasteiger partial charge is 0.300 e. The third-order valence-corrected chi connectivity index (χ3v) is 4.25. The van der Waals surface area contributed by atoms with Crippen LogP contribution in [0.4, 0.5) is 0 Å². The number of piperidine rings is 1. The van der Waals surface area contributed by atoms with Crippen LogP contribution in [-0.2, 0) is 12.8 Å². The number of H-pyrrole nitrogens is 1. The van der Waals surface area contributed by atoms with Crippen molar-refractivity contribution in [1.82, 2.24) is 15.1 Å². The Hall–Kier alpha value is -0.250. The fraction of sp³-hybridized carbons (Fsp3) is 0.769. The monoisotopic (exact) mass is 291 g/mol. The van der Waals surface area contributed by atoms with E-state index in [4.69, 9.17) is 0 Å². The highest BCUT2D eigenvalue weighted by Gasteiger charge is 2.35. The summed E-state index contributed by atoms with van der Waals surface area (Å²) in [6.45, 7) is 4.87.